The van der Waals surface area contributed by atoms with E-state index in [0.717, 1.165) is 13.0 Å². The monoisotopic (exact) mass is 527 g/mol. The van der Waals surface area contributed by atoms with Gasteiger partial charge in [0.25, 0.3) is 10.0 Å². The van der Waals surface area contributed by atoms with Gasteiger partial charge in [-0.05, 0) is 49.4 Å². The SMILES string of the molecule is COc1cc(-c2ccc(C#N)cc2)c(S(=O)(=O)Nc2ccc(Cl)c(O[C@]3(C)CCNC3)c2)cc1OC. The van der Waals surface area contributed by atoms with E-state index in [1.807, 2.05) is 6.92 Å². The Labute approximate surface area is 215 Å². The molecule has 3 aromatic carbocycles. The Morgan fingerprint density at radius 2 is 1.72 bits per heavy atom. The van der Waals surface area contributed by atoms with E-state index in [9.17, 15) is 8.42 Å². The van der Waals surface area contributed by atoms with Crippen molar-refractivity contribution in [3.05, 3.63) is 65.2 Å². The maximum absolute atomic E-state index is 13.6. The molecule has 8 nitrogen and oxygen atoms in total. The number of hydrogen-bond donors (Lipinski definition) is 2. The van der Waals surface area contributed by atoms with E-state index in [1.165, 1.54) is 20.3 Å². The van der Waals surface area contributed by atoms with Crippen molar-refractivity contribution in [2.24, 2.45) is 0 Å². The van der Waals surface area contributed by atoms with Crippen LogP contribution in [-0.2, 0) is 10.0 Å². The minimum absolute atomic E-state index is 0.0192. The molecule has 10 heteroatoms. The van der Waals surface area contributed by atoms with Gasteiger partial charge in [0.1, 0.15) is 11.4 Å². The normalized spacial score (nSPS) is 17.3. The van der Waals surface area contributed by atoms with Crippen LogP contribution in [0.15, 0.2) is 59.5 Å². The van der Waals surface area contributed by atoms with E-state index in [-0.39, 0.29) is 10.6 Å². The van der Waals surface area contributed by atoms with Crippen LogP contribution in [0.4, 0.5) is 5.69 Å². The number of nitrogens with one attached hydrogen (secondary N) is 2. The molecule has 3 aromatic rings. The predicted molar refractivity (Wildman–Crippen MR) is 138 cm³/mol. The summed E-state index contributed by atoms with van der Waals surface area (Å²) in [5, 5.41) is 12.8. The largest absolute Gasteiger partial charge is 0.493 e. The number of ether oxygens (including phenoxy) is 3. The maximum atomic E-state index is 13.6. The zero-order valence-electron chi connectivity index (χ0n) is 20.1. The van der Waals surface area contributed by atoms with Crippen LogP contribution in [0.2, 0.25) is 5.02 Å². The van der Waals surface area contributed by atoms with Gasteiger partial charge in [-0.25, -0.2) is 8.42 Å². The van der Waals surface area contributed by atoms with Crippen LogP contribution in [0.3, 0.4) is 0 Å². The predicted octanol–water partition coefficient (Wildman–Crippen LogP) is 4.83. The molecule has 0 aromatic heterocycles. The molecule has 0 aliphatic carbocycles. The third-order valence-corrected chi connectivity index (χ3v) is 7.70. The quantitative estimate of drug-likeness (QED) is 0.432. The van der Waals surface area contributed by atoms with E-state index in [1.54, 1.807) is 48.5 Å². The number of rotatable bonds is 8. The topological polar surface area (TPSA) is 110 Å². The van der Waals surface area contributed by atoms with Crippen molar-refractivity contribution in [3.63, 3.8) is 0 Å². The van der Waals surface area contributed by atoms with Gasteiger partial charge in [0, 0.05) is 30.7 Å². The van der Waals surface area contributed by atoms with E-state index in [2.05, 4.69) is 16.1 Å². The summed E-state index contributed by atoms with van der Waals surface area (Å²) in [7, 11) is -1.19. The summed E-state index contributed by atoms with van der Waals surface area (Å²) < 4.78 is 46.8. The molecule has 0 unspecified atom stereocenters. The fraction of sp³-hybridized carbons (Fsp3) is 0.269. The Kier molecular flexibility index (Phi) is 7.31. The zero-order valence-corrected chi connectivity index (χ0v) is 21.7. The molecular formula is C26H26ClN3O5S. The summed E-state index contributed by atoms with van der Waals surface area (Å²) in [5.74, 6) is 1.02. The summed E-state index contributed by atoms with van der Waals surface area (Å²) in [6.07, 6.45) is 0.804. The number of hydrogen-bond acceptors (Lipinski definition) is 7. The Bertz CT molecular complexity index is 1410. The first-order valence-corrected chi connectivity index (χ1v) is 13.0. The molecule has 1 aliphatic rings. The number of nitrogens with zero attached hydrogens (tertiary/aromatic N) is 1. The Morgan fingerprint density at radius 3 is 2.33 bits per heavy atom. The highest BCUT2D eigenvalue weighted by Crippen LogP contribution is 2.39. The van der Waals surface area contributed by atoms with Gasteiger partial charge >= 0.3 is 0 Å². The van der Waals surface area contributed by atoms with Crippen molar-refractivity contribution >= 4 is 27.3 Å². The van der Waals surface area contributed by atoms with Gasteiger partial charge < -0.3 is 19.5 Å². The van der Waals surface area contributed by atoms with E-state index in [0.29, 0.717) is 45.4 Å². The molecule has 0 radical (unpaired) electrons. The zero-order chi connectivity index (χ0) is 25.9. The van der Waals surface area contributed by atoms with E-state index >= 15 is 0 Å². The van der Waals surface area contributed by atoms with Gasteiger partial charge in [0.05, 0.1) is 41.5 Å². The van der Waals surface area contributed by atoms with Gasteiger partial charge in [0.2, 0.25) is 0 Å². The van der Waals surface area contributed by atoms with Gasteiger partial charge in [-0.2, -0.15) is 5.26 Å². The minimum atomic E-state index is -4.10. The van der Waals surface area contributed by atoms with Crippen LogP contribution in [0.1, 0.15) is 18.9 Å². The molecule has 0 spiro atoms. The van der Waals surface area contributed by atoms with Crippen molar-refractivity contribution in [1.82, 2.24) is 5.32 Å². The summed E-state index contributed by atoms with van der Waals surface area (Å²) in [5.41, 5.74) is 1.30. The Morgan fingerprint density at radius 1 is 1.03 bits per heavy atom. The van der Waals surface area contributed by atoms with E-state index in [4.69, 9.17) is 31.1 Å². The third kappa shape index (κ3) is 5.36. The molecule has 0 saturated carbocycles. The molecule has 188 valence electrons. The first-order valence-electron chi connectivity index (χ1n) is 11.2. The summed E-state index contributed by atoms with van der Waals surface area (Å²) >= 11 is 6.35. The summed E-state index contributed by atoms with van der Waals surface area (Å²) in [4.78, 5) is -0.0192. The van der Waals surface area contributed by atoms with Crippen molar-refractivity contribution in [2.45, 2.75) is 23.8 Å². The van der Waals surface area contributed by atoms with Crippen molar-refractivity contribution in [2.75, 3.05) is 32.0 Å². The molecule has 1 heterocycles. The van der Waals surface area contributed by atoms with Crippen molar-refractivity contribution in [3.8, 4) is 34.4 Å². The summed E-state index contributed by atoms with van der Waals surface area (Å²) in [6.45, 7) is 3.48. The lowest BCUT2D eigenvalue weighted by molar-refractivity contribution is 0.111. The van der Waals surface area contributed by atoms with Crippen LogP contribution in [0.5, 0.6) is 17.2 Å². The second-order valence-electron chi connectivity index (χ2n) is 8.62. The van der Waals surface area contributed by atoms with Crippen molar-refractivity contribution < 1.29 is 22.6 Å². The fourth-order valence-corrected chi connectivity index (χ4v) is 5.47. The number of sulfonamides is 1. The van der Waals surface area contributed by atoms with Gasteiger partial charge in [-0.3, -0.25) is 4.72 Å². The lowest BCUT2D eigenvalue weighted by Crippen LogP contribution is -2.34. The standard InChI is InChI=1S/C26H26ClN3O5S/c1-26(10-11-29-16-26)35-22-12-19(8-9-21(22)27)30-36(31,32)25-14-24(34-3)23(33-2)13-20(25)18-6-4-17(15-28)5-7-18/h4-9,12-14,29-30H,10-11,16H2,1-3H3/t26-/m1/s1. The molecule has 0 amide bonds. The highest BCUT2D eigenvalue weighted by molar-refractivity contribution is 7.92. The van der Waals surface area contributed by atoms with Gasteiger partial charge in [0.15, 0.2) is 11.5 Å². The second-order valence-corrected chi connectivity index (χ2v) is 10.7. The van der Waals surface area contributed by atoms with Crippen LogP contribution < -0.4 is 24.2 Å². The first kappa shape index (κ1) is 25.6. The molecule has 4 rings (SSSR count). The highest BCUT2D eigenvalue weighted by Gasteiger charge is 2.31. The first-order chi connectivity index (χ1) is 17.2. The molecular weight excluding hydrogens is 502 g/mol. The molecule has 36 heavy (non-hydrogen) atoms. The number of nitriles is 1. The van der Waals surface area contributed by atoms with Gasteiger partial charge in [-0.15, -0.1) is 0 Å². The molecule has 2 N–H and O–H groups in total. The lowest BCUT2D eigenvalue weighted by atomic mass is 10.0. The number of benzene rings is 3. The van der Waals surface area contributed by atoms with Crippen molar-refractivity contribution in [1.29, 1.82) is 5.26 Å². The molecule has 1 aliphatic heterocycles. The van der Waals surface area contributed by atoms with Crippen LogP contribution in [-0.4, -0.2) is 41.3 Å². The molecule has 1 saturated heterocycles. The Hall–Kier alpha value is -3.45. The molecule has 0 bridgehead atoms. The maximum Gasteiger partial charge on any atom is 0.262 e. The number of halogens is 1. The van der Waals surface area contributed by atoms with Crippen LogP contribution in [0, 0.1) is 11.3 Å². The second kappa shape index (κ2) is 10.3. The summed E-state index contributed by atoms with van der Waals surface area (Å²) in [6, 6.07) is 16.4. The molecule has 1 fully saturated rings. The lowest BCUT2D eigenvalue weighted by Gasteiger charge is -2.26. The number of anilines is 1. The fourth-order valence-electron chi connectivity index (χ4n) is 4.03. The van der Waals surface area contributed by atoms with Gasteiger partial charge in [-0.1, -0.05) is 23.7 Å². The smallest absolute Gasteiger partial charge is 0.262 e. The molecule has 1 atom stereocenters. The minimum Gasteiger partial charge on any atom is -0.493 e. The highest BCUT2D eigenvalue weighted by atomic mass is 35.5. The Balaban J connectivity index is 1.75. The number of methoxy groups -OCH3 is 2. The van der Waals surface area contributed by atoms with Crippen LogP contribution >= 0.6 is 11.6 Å². The average Bonchev–Trinajstić information content (AvgIpc) is 3.30. The average molecular weight is 528 g/mol. The van der Waals surface area contributed by atoms with Crippen LogP contribution in [0.25, 0.3) is 11.1 Å². The third-order valence-electron chi connectivity index (χ3n) is 5.97. The van der Waals surface area contributed by atoms with E-state index < -0.39 is 15.6 Å².